The minimum absolute atomic E-state index is 0.341. The number of anilines is 1. The summed E-state index contributed by atoms with van der Waals surface area (Å²) in [6.45, 7) is 7.24. The van der Waals surface area contributed by atoms with E-state index in [0.29, 0.717) is 12.6 Å². The van der Waals surface area contributed by atoms with Gasteiger partial charge in [-0.2, -0.15) is 0 Å². The molecule has 3 rings (SSSR count). The maximum absolute atomic E-state index is 6.11. The van der Waals surface area contributed by atoms with Gasteiger partial charge in [0.1, 0.15) is 12.4 Å². The molecule has 2 aromatic rings. The van der Waals surface area contributed by atoms with Gasteiger partial charge >= 0.3 is 0 Å². The number of rotatable bonds is 5. The monoisotopic (exact) mass is 375 g/mol. The smallest absolute Gasteiger partial charge is 0.191 e. The molecule has 0 amide bonds. The first kappa shape index (κ1) is 18.5. The standard InChI is InChI=1S/C18H26ClN7/c1-4-20-18(21-11-17-24-23-13(2)25(17)3)22-15-8-9-26(12-15)16-7-5-6-14(19)10-16/h5-7,10,15H,4,8-9,11-12H2,1-3H3,(H2,20,21,22). The van der Waals surface area contributed by atoms with Gasteiger partial charge in [-0.25, -0.2) is 4.99 Å². The van der Waals surface area contributed by atoms with Crippen molar-refractivity contribution in [3.05, 3.63) is 40.9 Å². The van der Waals surface area contributed by atoms with Crippen LogP contribution in [-0.4, -0.2) is 46.4 Å². The normalized spacial score (nSPS) is 17.6. The van der Waals surface area contributed by atoms with Crippen molar-refractivity contribution in [1.82, 2.24) is 25.4 Å². The van der Waals surface area contributed by atoms with Crippen molar-refractivity contribution in [3.63, 3.8) is 0 Å². The van der Waals surface area contributed by atoms with Crippen LogP contribution in [0, 0.1) is 6.92 Å². The predicted octanol–water partition coefficient (Wildman–Crippen LogP) is 2.11. The van der Waals surface area contributed by atoms with Crippen LogP contribution in [0.3, 0.4) is 0 Å². The van der Waals surface area contributed by atoms with Gasteiger partial charge in [-0.05, 0) is 38.5 Å². The predicted molar refractivity (Wildman–Crippen MR) is 106 cm³/mol. The third-order valence-corrected chi connectivity index (χ3v) is 4.84. The molecule has 8 heteroatoms. The molecule has 7 nitrogen and oxygen atoms in total. The number of aryl methyl sites for hydroxylation is 1. The summed E-state index contributed by atoms with van der Waals surface area (Å²) in [6.07, 6.45) is 1.06. The molecule has 140 valence electrons. The molecule has 2 heterocycles. The van der Waals surface area contributed by atoms with Gasteiger partial charge in [0.2, 0.25) is 0 Å². The summed E-state index contributed by atoms with van der Waals surface area (Å²) in [5.74, 6) is 2.55. The third-order valence-electron chi connectivity index (χ3n) is 4.61. The van der Waals surface area contributed by atoms with Gasteiger partial charge in [0.25, 0.3) is 0 Å². The highest BCUT2D eigenvalue weighted by Gasteiger charge is 2.23. The second-order valence-electron chi connectivity index (χ2n) is 6.47. The first-order valence-electron chi connectivity index (χ1n) is 8.97. The molecule has 1 unspecified atom stereocenters. The Hall–Kier alpha value is -2.28. The maximum Gasteiger partial charge on any atom is 0.191 e. The van der Waals surface area contributed by atoms with Gasteiger partial charge in [0.15, 0.2) is 11.8 Å². The summed E-state index contributed by atoms with van der Waals surface area (Å²) in [5.41, 5.74) is 1.17. The van der Waals surface area contributed by atoms with Crippen molar-refractivity contribution in [3.8, 4) is 0 Å². The topological polar surface area (TPSA) is 70.4 Å². The summed E-state index contributed by atoms with van der Waals surface area (Å²) < 4.78 is 1.96. The molecule has 2 N–H and O–H groups in total. The average molecular weight is 376 g/mol. The molecule has 0 saturated carbocycles. The molecule has 0 spiro atoms. The van der Waals surface area contributed by atoms with E-state index in [4.69, 9.17) is 11.6 Å². The molecule has 1 aromatic heterocycles. The van der Waals surface area contributed by atoms with E-state index in [2.05, 4.69) is 43.7 Å². The average Bonchev–Trinajstić information content (AvgIpc) is 3.21. The Balaban J connectivity index is 1.61. The molecule has 0 radical (unpaired) electrons. The van der Waals surface area contributed by atoms with E-state index in [9.17, 15) is 0 Å². The Morgan fingerprint density at radius 3 is 2.92 bits per heavy atom. The van der Waals surface area contributed by atoms with E-state index in [1.165, 1.54) is 5.69 Å². The van der Waals surface area contributed by atoms with Crippen molar-refractivity contribution < 1.29 is 0 Å². The Kier molecular flexibility index (Phi) is 5.98. The van der Waals surface area contributed by atoms with Crippen LogP contribution >= 0.6 is 11.6 Å². The van der Waals surface area contributed by atoms with Crippen LogP contribution in [0.15, 0.2) is 29.3 Å². The highest BCUT2D eigenvalue weighted by Crippen LogP contribution is 2.23. The lowest BCUT2D eigenvalue weighted by Gasteiger charge is -2.20. The molecule has 1 aliphatic rings. The number of benzene rings is 1. The van der Waals surface area contributed by atoms with Crippen molar-refractivity contribution >= 4 is 23.2 Å². The van der Waals surface area contributed by atoms with Crippen molar-refractivity contribution in [2.75, 3.05) is 24.5 Å². The van der Waals surface area contributed by atoms with Crippen LogP contribution in [-0.2, 0) is 13.6 Å². The Bertz CT molecular complexity index is 771. The molecule has 1 aromatic carbocycles. The van der Waals surface area contributed by atoms with E-state index < -0.39 is 0 Å². The molecule has 1 aliphatic heterocycles. The maximum atomic E-state index is 6.11. The van der Waals surface area contributed by atoms with E-state index in [0.717, 1.165) is 48.7 Å². The van der Waals surface area contributed by atoms with Crippen LogP contribution < -0.4 is 15.5 Å². The fourth-order valence-corrected chi connectivity index (χ4v) is 3.22. The molecular formula is C18H26ClN7. The third kappa shape index (κ3) is 4.46. The van der Waals surface area contributed by atoms with Gasteiger partial charge in [0.05, 0.1) is 0 Å². The molecule has 0 bridgehead atoms. The second kappa shape index (κ2) is 8.40. The van der Waals surface area contributed by atoms with Crippen LogP contribution in [0.2, 0.25) is 5.02 Å². The zero-order chi connectivity index (χ0) is 18.5. The zero-order valence-corrected chi connectivity index (χ0v) is 16.3. The fourth-order valence-electron chi connectivity index (χ4n) is 3.04. The largest absolute Gasteiger partial charge is 0.369 e. The number of nitrogens with one attached hydrogen (secondary N) is 2. The van der Waals surface area contributed by atoms with Crippen LogP contribution in [0.4, 0.5) is 5.69 Å². The lowest BCUT2D eigenvalue weighted by molar-refractivity contribution is 0.646. The fraction of sp³-hybridized carbons (Fsp3) is 0.500. The Labute approximate surface area is 159 Å². The summed E-state index contributed by atoms with van der Waals surface area (Å²) in [5, 5.41) is 15.9. The SMILES string of the molecule is CCNC(=NCc1nnc(C)n1C)NC1CCN(c2cccc(Cl)c2)C1. The number of hydrogen-bond acceptors (Lipinski definition) is 4. The summed E-state index contributed by atoms with van der Waals surface area (Å²) >= 11 is 6.11. The number of aromatic nitrogens is 3. The molecule has 1 saturated heterocycles. The van der Waals surface area contributed by atoms with Crippen molar-refractivity contribution in [2.24, 2.45) is 12.0 Å². The van der Waals surface area contributed by atoms with Crippen molar-refractivity contribution in [2.45, 2.75) is 32.9 Å². The second-order valence-corrected chi connectivity index (χ2v) is 6.91. The lowest BCUT2D eigenvalue weighted by Crippen LogP contribution is -2.44. The van der Waals surface area contributed by atoms with Crippen molar-refractivity contribution in [1.29, 1.82) is 0 Å². The summed E-state index contributed by atoms with van der Waals surface area (Å²) in [6, 6.07) is 8.35. The van der Waals surface area contributed by atoms with Gasteiger partial charge in [-0.3, -0.25) is 0 Å². The Morgan fingerprint density at radius 1 is 1.38 bits per heavy atom. The van der Waals surface area contributed by atoms with Gasteiger partial charge in [-0.1, -0.05) is 17.7 Å². The molecule has 26 heavy (non-hydrogen) atoms. The first-order valence-corrected chi connectivity index (χ1v) is 9.35. The minimum atomic E-state index is 0.341. The van der Waals surface area contributed by atoms with Gasteiger partial charge < -0.3 is 20.1 Å². The zero-order valence-electron chi connectivity index (χ0n) is 15.5. The molecule has 1 atom stereocenters. The summed E-state index contributed by atoms with van der Waals surface area (Å²) in [7, 11) is 1.96. The molecular weight excluding hydrogens is 350 g/mol. The first-order chi connectivity index (χ1) is 12.6. The molecule has 1 fully saturated rings. The van der Waals surface area contributed by atoms with Crippen LogP contribution in [0.25, 0.3) is 0 Å². The number of guanidine groups is 1. The number of nitrogens with zero attached hydrogens (tertiary/aromatic N) is 5. The number of halogens is 1. The highest BCUT2D eigenvalue weighted by molar-refractivity contribution is 6.30. The quantitative estimate of drug-likeness (QED) is 0.618. The number of hydrogen-bond donors (Lipinski definition) is 2. The van der Waals surface area contributed by atoms with Crippen LogP contribution in [0.5, 0.6) is 0 Å². The molecule has 0 aliphatic carbocycles. The minimum Gasteiger partial charge on any atom is -0.369 e. The van der Waals surface area contributed by atoms with E-state index >= 15 is 0 Å². The van der Waals surface area contributed by atoms with E-state index in [1.807, 2.05) is 36.7 Å². The van der Waals surface area contributed by atoms with Crippen LogP contribution in [0.1, 0.15) is 25.0 Å². The van der Waals surface area contributed by atoms with E-state index in [1.54, 1.807) is 0 Å². The Morgan fingerprint density at radius 2 is 2.23 bits per heavy atom. The summed E-state index contributed by atoms with van der Waals surface area (Å²) in [4.78, 5) is 7.01. The highest BCUT2D eigenvalue weighted by atomic mass is 35.5. The van der Waals surface area contributed by atoms with Gasteiger partial charge in [0, 0.05) is 43.4 Å². The lowest BCUT2D eigenvalue weighted by atomic mass is 10.3. The number of aliphatic imine (C=N–C) groups is 1. The van der Waals surface area contributed by atoms with Gasteiger partial charge in [-0.15, -0.1) is 10.2 Å². The van der Waals surface area contributed by atoms with E-state index in [-0.39, 0.29) is 0 Å².